The Labute approximate surface area is 130 Å². The summed E-state index contributed by atoms with van der Waals surface area (Å²) in [6, 6.07) is 0. The third kappa shape index (κ3) is 7.37. The average Bonchev–Trinajstić information content (AvgIpc) is 2.39. The first-order valence-electron chi connectivity index (χ1n) is 6.54. The molecular weight excluding hydrogens is 300 g/mol. The summed E-state index contributed by atoms with van der Waals surface area (Å²) < 4.78 is 31.5. The van der Waals surface area contributed by atoms with E-state index in [0.717, 1.165) is 0 Å². The van der Waals surface area contributed by atoms with E-state index in [4.69, 9.17) is 28.4 Å². The van der Waals surface area contributed by atoms with Gasteiger partial charge in [-0.15, -0.1) is 12.6 Å². The van der Waals surface area contributed by atoms with E-state index in [1.54, 1.807) is 21.3 Å². The van der Waals surface area contributed by atoms with Crippen LogP contribution >= 0.6 is 12.6 Å². The zero-order valence-corrected chi connectivity index (χ0v) is 16.0. The Hall–Kier alpha value is 0.327. The number of hydrogen-bond donors (Lipinski definition) is 1. The Morgan fingerprint density at radius 3 is 1.45 bits per heavy atom. The van der Waals surface area contributed by atoms with Crippen LogP contribution in [-0.2, 0) is 28.4 Å². The van der Waals surface area contributed by atoms with Crippen molar-refractivity contribution in [1.82, 2.24) is 0 Å². The van der Waals surface area contributed by atoms with E-state index in [1.165, 1.54) is 0 Å². The molecule has 0 saturated carbocycles. The Morgan fingerprint density at radius 1 is 0.750 bits per heavy atom. The Bertz CT molecular complexity index is 232. The number of rotatable bonds is 13. The second-order valence-corrected chi connectivity index (χ2v) is 7.56. The molecular formula is C12H28O6SSi. The maximum atomic E-state index is 5.80. The molecule has 0 aromatic heterocycles. The van der Waals surface area contributed by atoms with Gasteiger partial charge < -0.3 is 28.4 Å². The van der Waals surface area contributed by atoms with Crippen molar-refractivity contribution >= 4 is 22.9 Å². The molecule has 8 heteroatoms. The fourth-order valence-electron chi connectivity index (χ4n) is 1.40. The molecule has 0 aliphatic rings. The van der Waals surface area contributed by atoms with E-state index >= 15 is 0 Å². The number of methoxy groups -OCH3 is 3. The predicted molar refractivity (Wildman–Crippen MR) is 83.5 cm³/mol. The normalized spacial score (nSPS) is 15.4. The summed E-state index contributed by atoms with van der Waals surface area (Å²) >= 11 is 4.60. The third-order valence-corrected chi connectivity index (χ3v) is 4.58. The molecule has 0 rings (SSSR count). The van der Waals surface area contributed by atoms with Crippen molar-refractivity contribution < 1.29 is 28.4 Å². The van der Waals surface area contributed by atoms with Crippen molar-refractivity contribution in [2.45, 2.75) is 17.3 Å². The van der Waals surface area contributed by atoms with E-state index < -0.39 is 10.3 Å². The summed E-state index contributed by atoms with van der Waals surface area (Å²) in [6.07, 6.45) is 0. The zero-order chi connectivity index (χ0) is 15.5. The molecule has 0 spiro atoms. The lowest BCUT2D eigenvalue weighted by atomic mass is 10.3. The fraction of sp³-hybridized carbons (Fsp3) is 1.00. The molecule has 0 aromatic rings. The van der Waals surface area contributed by atoms with Crippen LogP contribution in [-0.4, -0.2) is 81.6 Å². The van der Waals surface area contributed by atoms with Crippen molar-refractivity contribution in [1.29, 1.82) is 0 Å². The predicted octanol–water partition coefficient (Wildman–Crippen LogP) is -0.359. The highest BCUT2D eigenvalue weighted by Crippen LogP contribution is 2.32. The van der Waals surface area contributed by atoms with Crippen LogP contribution in [0.1, 0.15) is 6.92 Å². The van der Waals surface area contributed by atoms with Gasteiger partial charge in [0.1, 0.15) is 4.56 Å². The van der Waals surface area contributed by atoms with Gasteiger partial charge in [0.15, 0.2) is 5.79 Å². The summed E-state index contributed by atoms with van der Waals surface area (Å²) in [6.45, 7) is 4.51. The molecule has 1 unspecified atom stereocenters. The molecule has 20 heavy (non-hydrogen) atoms. The van der Waals surface area contributed by atoms with Crippen LogP contribution < -0.4 is 0 Å². The van der Waals surface area contributed by atoms with Gasteiger partial charge in [-0.2, -0.15) is 0 Å². The van der Waals surface area contributed by atoms with Crippen LogP contribution in [0.5, 0.6) is 0 Å². The van der Waals surface area contributed by atoms with Crippen molar-refractivity contribution in [3.05, 3.63) is 0 Å². The van der Waals surface area contributed by atoms with Gasteiger partial charge in [0, 0.05) is 21.3 Å². The smallest absolute Gasteiger partial charge is 0.199 e. The largest absolute Gasteiger partial charge is 0.382 e. The number of hydrogen-bond acceptors (Lipinski definition) is 7. The van der Waals surface area contributed by atoms with Crippen LogP contribution in [0.25, 0.3) is 0 Å². The molecule has 0 heterocycles. The van der Waals surface area contributed by atoms with Gasteiger partial charge in [-0.3, -0.25) is 0 Å². The molecule has 1 atom stereocenters. The standard InChI is InChI=1S/C12H28O6SSi/c1-11(16-8-5-13-2,17-9-6-14-3)12(19,20)18-10-7-15-4/h19H,5-10H2,1-4,20H3. The Morgan fingerprint density at radius 2 is 1.10 bits per heavy atom. The van der Waals surface area contributed by atoms with Crippen LogP contribution in [0.3, 0.4) is 0 Å². The highest BCUT2D eigenvalue weighted by molar-refractivity contribution is 7.83. The van der Waals surface area contributed by atoms with Gasteiger partial charge in [0.25, 0.3) is 0 Å². The summed E-state index contributed by atoms with van der Waals surface area (Å²) in [5.74, 6) is -0.965. The minimum absolute atomic E-state index is 0.401. The van der Waals surface area contributed by atoms with Gasteiger partial charge >= 0.3 is 0 Å². The van der Waals surface area contributed by atoms with Gasteiger partial charge in [0.2, 0.25) is 0 Å². The first-order chi connectivity index (χ1) is 9.43. The molecule has 0 bridgehead atoms. The minimum atomic E-state index is -0.965. The molecule has 0 saturated heterocycles. The van der Waals surface area contributed by atoms with E-state index in [-0.39, 0.29) is 0 Å². The Balaban J connectivity index is 4.59. The van der Waals surface area contributed by atoms with Gasteiger partial charge in [-0.25, -0.2) is 0 Å². The lowest BCUT2D eigenvalue weighted by Gasteiger charge is -2.42. The molecule has 0 aliphatic heterocycles. The van der Waals surface area contributed by atoms with Crippen LogP contribution in [0.15, 0.2) is 0 Å². The zero-order valence-electron chi connectivity index (χ0n) is 13.1. The first kappa shape index (κ1) is 20.3. The van der Waals surface area contributed by atoms with E-state index in [2.05, 4.69) is 12.6 Å². The summed E-state index contributed by atoms with van der Waals surface area (Å²) in [7, 11) is 5.48. The molecule has 0 aliphatic carbocycles. The van der Waals surface area contributed by atoms with Gasteiger partial charge in [0.05, 0.1) is 49.9 Å². The fourth-order valence-corrected chi connectivity index (χ4v) is 2.12. The lowest BCUT2D eigenvalue weighted by Crippen LogP contribution is -2.55. The Kier molecular flexibility index (Phi) is 11.1. The van der Waals surface area contributed by atoms with Gasteiger partial charge in [-0.05, 0) is 6.92 Å². The molecule has 122 valence electrons. The maximum Gasteiger partial charge on any atom is 0.199 e. The summed E-state index contributed by atoms with van der Waals surface area (Å²) in [5.41, 5.74) is 0. The molecule has 0 aromatic carbocycles. The molecule has 0 N–H and O–H groups in total. The van der Waals surface area contributed by atoms with E-state index in [9.17, 15) is 0 Å². The summed E-state index contributed by atoms with van der Waals surface area (Å²) in [5, 5.41) is 0. The quantitative estimate of drug-likeness (QED) is 0.216. The highest BCUT2D eigenvalue weighted by Gasteiger charge is 2.45. The van der Waals surface area contributed by atoms with E-state index in [0.29, 0.717) is 49.9 Å². The minimum Gasteiger partial charge on any atom is -0.382 e. The van der Waals surface area contributed by atoms with Crippen molar-refractivity contribution in [2.24, 2.45) is 0 Å². The van der Waals surface area contributed by atoms with Crippen LogP contribution in [0.2, 0.25) is 0 Å². The van der Waals surface area contributed by atoms with Crippen molar-refractivity contribution in [2.75, 3.05) is 61.0 Å². The van der Waals surface area contributed by atoms with Crippen molar-refractivity contribution in [3.63, 3.8) is 0 Å². The topological polar surface area (TPSA) is 55.4 Å². The number of thiol groups is 1. The van der Waals surface area contributed by atoms with Gasteiger partial charge in [-0.1, -0.05) is 0 Å². The first-order valence-corrected chi connectivity index (χ1v) is 7.99. The van der Waals surface area contributed by atoms with Crippen LogP contribution in [0.4, 0.5) is 0 Å². The average molecular weight is 329 g/mol. The highest BCUT2D eigenvalue weighted by atomic mass is 32.1. The molecule has 0 fully saturated rings. The molecule has 0 radical (unpaired) electrons. The lowest BCUT2D eigenvalue weighted by molar-refractivity contribution is -0.278. The second-order valence-electron chi connectivity index (χ2n) is 4.45. The maximum absolute atomic E-state index is 5.80. The molecule has 0 amide bonds. The second kappa shape index (κ2) is 11.0. The van der Waals surface area contributed by atoms with Crippen LogP contribution in [0, 0.1) is 0 Å². The molecule has 6 nitrogen and oxygen atoms in total. The SMILES string of the molecule is COCCOC([SiH3])(S)C(C)(OCCOC)OCCOC. The van der Waals surface area contributed by atoms with Crippen molar-refractivity contribution in [3.8, 4) is 0 Å². The van der Waals surface area contributed by atoms with E-state index in [1.807, 2.05) is 6.92 Å². The summed E-state index contributed by atoms with van der Waals surface area (Å²) in [4.78, 5) is 0. The monoisotopic (exact) mass is 328 g/mol. The number of ether oxygens (including phenoxy) is 6. The third-order valence-electron chi connectivity index (χ3n) is 2.84.